The molecule has 0 radical (unpaired) electrons. The zero-order valence-corrected chi connectivity index (χ0v) is 8.19. The molecule has 0 aromatic rings. The second kappa shape index (κ2) is 4.58. The largest absolute Gasteiger partial charge is 0.468 e. The Morgan fingerprint density at radius 2 is 2.38 bits per heavy atom. The van der Waals surface area contributed by atoms with Crippen LogP contribution in [0, 0.1) is 0 Å². The fourth-order valence-electron chi connectivity index (χ4n) is 1.66. The molecule has 0 saturated carbocycles. The summed E-state index contributed by atoms with van der Waals surface area (Å²) in [7, 11) is 1.39. The number of aliphatic hydroxyl groups excluding tert-OH is 1. The van der Waals surface area contributed by atoms with Crippen molar-refractivity contribution < 1.29 is 14.6 Å². The van der Waals surface area contributed by atoms with E-state index in [4.69, 9.17) is 0 Å². The van der Waals surface area contributed by atoms with E-state index in [-0.39, 0.29) is 18.1 Å². The first kappa shape index (κ1) is 10.5. The average molecular weight is 187 g/mol. The molecule has 0 aliphatic carbocycles. The van der Waals surface area contributed by atoms with E-state index in [1.807, 2.05) is 11.8 Å². The van der Waals surface area contributed by atoms with Crippen LogP contribution < -0.4 is 0 Å². The van der Waals surface area contributed by atoms with Crippen LogP contribution >= 0.6 is 0 Å². The lowest BCUT2D eigenvalue weighted by atomic mass is 10.0. The number of hydrogen-bond acceptors (Lipinski definition) is 4. The molecular weight excluding hydrogens is 170 g/mol. The lowest BCUT2D eigenvalue weighted by molar-refractivity contribution is -0.143. The first-order chi connectivity index (χ1) is 6.13. The molecule has 0 bridgehead atoms. The molecule has 0 spiro atoms. The first-order valence-corrected chi connectivity index (χ1v) is 4.62. The van der Waals surface area contributed by atoms with Crippen LogP contribution in [0.15, 0.2) is 0 Å². The lowest BCUT2D eigenvalue weighted by Gasteiger charge is -2.34. The van der Waals surface area contributed by atoms with Gasteiger partial charge in [0.15, 0.2) is 0 Å². The van der Waals surface area contributed by atoms with Crippen LogP contribution in [0.3, 0.4) is 0 Å². The molecule has 1 N–H and O–H groups in total. The van der Waals surface area contributed by atoms with Gasteiger partial charge in [0.1, 0.15) is 0 Å². The van der Waals surface area contributed by atoms with E-state index in [0.29, 0.717) is 6.54 Å². The maximum Gasteiger partial charge on any atom is 0.319 e. The summed E-state index contributed by atoms with van der Waals surface area (Å²) in [5, 5.41) is 9.35. The number of likely N-dealkylation sites (tertiary alicyclic amines) is 1. The summed E-state index contributed by atoms with van der Waals surface area (Å²) >= 11 is 0. The molecule has 4 heteroatoms. The van der Waals surface area contributed by atoms with Crippen molar-refractivity contribution in [2.24, 2.45) is 0 Å². The van der Waals surface area contributed by atoms with Gasteiger partial charge in [-0.2, -0.15) is 0 Å². The highest BCUT2D eigenvalue weighted by Crippen LogP contribution is 2.16. The van der Waals surface area contributed by atoms with E-state index in [2.05, 4.69) is 4.74 Å². The minimum absolute atomic E-state index is 0.205. The fourth-order valence-corrected chi connectivity index (χ4v) is 1.66. The van der Waals surface area contributed by atoms with Gasteiger partial charge in [-0.1, -0.05) is 0 Å². The predicted molar refractivity (Wildman–Crippen MR) is 48.3 cm³/mol. The number of hydrogen-bond donors (Lipinski definition) is 1. The van der Waals surface area contributed by atoms with Crippen molar-refractivity contribution in [3.8, 4) is 0 Å². The molecule has 13 heavy (non-hydrogen) atoms. The van der Waals surface area contributed by atoms with Crippen molar-refractivity contribution in [3.63, 3.8) is 0 Å². The fraction of sp³-hybridized carbons (Fsp3) is 0.889. The molecule has 1 saturated heterocycles. The summed E-state index contributed by atoms with van der Waals surface area (Å²) in [5.74, 6) is -0.205. The predicted octanol–water partition coefficient (Wildman–Crippen LogP) is 0.00460. The van der Waals surface area contributed by atoms with E-state index in [1.165, 1.54) is 7.11 Å². The smallest absolute Gasteiger partial charge is 0.319 e. The van der Waals surface area contributed by atoms with Gasteiger partial charge in [-0.05, 0) is 19.8 Å². The van der Waals surface area contributed by atoms with Gasteiger partial charge >= 0.3 is 5.97 Å². The standard InChI is InChI=1S/C9H17NO3/c1-7-5-8(11)3-4-10(7)6-9(12)13-2/h7-8,11H,3-6H2,1-2H3/t7-,8-/m0/s1. The second-order valence-corrected chi connectivity index (χ2v) is 3.57. The van der Waals surface area contributed by atoms with Crippen LogP contribution in [0.1, 0.15) is 19.8 Å². The number of methoxy groups -OCH3 is 1. The summed E-state index contributed by atoms with van der Waals surface area (Å²) in [6.07, 6.45) is 1.29. The molecular formula is C9H17NO3. The summed E-state index contributed by atoms with van der Waals surface area (Å²) < 4.78 is 4.59. The first-order valence-electron chi connectivity index (χ1n) is 4.62. The lowest BCUT2D eigenvalue weighted by Crippen LogP contribution is -2.45. The van der Waals surface area contributed by atoms with Crippen molar-refractivity contribution in [3.05, 3.63) is 0 Å². The average Bonchev–Trinajstić information content (AvgIpc) is 2.09. The topological polar surface area (TPSA) is 49.8 Å². The number of ether oxygens (including phenoxy) is 1. The van der Waals surface area contributed by atoms with Gasteiger partial charge in [0.2, 0.25) is 0 Å². The van der Waals surface area contributed by atoms with E-state index in [9.17, 15) is 9.90 Å². The van der Waals surface area contributed by atoms with Crippen molar-refractivity contribution in [1.82, 2.24) is 4.90 Å². The molecule has 0 amide bonds. The van der Waals surface area contributed by atoms with E-state index in [0.717, 1.165) is 19.4 Å². The van der Waals surface area contributed by atoms with Crippen LogP contribution in [-0.4, -0.2) is 48.3 Å². The van der Waals surface area contributed by atoms with Gasteiger partial charge in [-0.3, -0.25) is 9.69 Å². The monoisotopic (exact) mass is 187 g/mol. The Labute approximate surface area is 78.5 Å². The van der Waals surface area contributed by atoms with Crippen LogP contribution in [-0.2, 0) is 9.53 Å². The third-order valence-corrected chi connectivity index (χ3v) is 2.55. The third-order valence-electron chi connectivity index (χ3n) is 2.55. The van der Waals surface area contributed by atoms with Crippen molar-refractivity contribution in [2.45, 2.75) is 31.9 Å². The molecule has 0 unspecified atom stereocenters. The molecule has 1 aliphatic rings. The zero-order valence-electron chi connectivity index (χ0n) is 8.19. The van der Waals surface area contributed by atoms with Gasteiger partial charge in [0, 0.05) is 12.6 Å². The quantitative estimate of drug-likeness (QED) is 0.618. The van der Waals surface area contributed by atoms with Crippen molar-refractivity contribution in [2.75, 3.05) is 20.2 Å². The molecule has 1 rings (SSSR count). The Hall–Kier alpha value is -0.610. The zero-order chi connectivity index (χ0) is 9.84. The molecule has 0 aromatic carbocycles. The molecule has 76 valence electrons. The molecule has 2 atom stereocenters. The Morgan fingerprint density at radius 1 is 1.69 bits per heavy atom. The van der Waals surface area contributed by atoms with Gasteiger partial charge in [-0.15, -0.1) is 0 Å². The molecule has 1 aliphatic heterocycles. The van der Waals surface area contributed by atoms with Gasteiger partial charge in [-0.25, -0.2) is 0 Å². The van der Waals surface area contributed by atoms with Gasteiger partial charge < -0.3 is 9.84 Å². The summed E-state index contributed by atoms with van der Waals surface area (Å²) in [5.41, 5.74) is 0. The summed E-state index contributed by atoms with van der Waals surface area (Å²) in [4.78, 5) is 13.0. The van der Waals surface area contributed by atoms with Crippen LogP contribution in [0.25, 0.3) is 0 Å². The number of carbonyl (C=O) groups excluding carboxylic acids is 1. The van der Waals surface area contributed by atoms with E-state index >= 15 is 0 Å². The SMILES string of the molecule is COC(=O)CN1CC[C@H](O)C[C@@H]1C. The number of esters is 1. The molecule has 1 fully saturated rings. The number of rotatable bonds is 2. The molecule has 1 heterocycles. The minimum atomic E-state index is -0.205. The minimum Gasteiger partial charge on any atom is -0.468 e. The Balaban J connectivity index is 2.38. The number of piperidine rings is 1. The van der Waals surface area contributed by atoms with Crippen molar-refractivity contribution >= 4 is 5.97 Å². The Morgan fingerprint density at radius 3 is 2.92 bits per heavy atom. The normalized spacial score (nSPS) is 30.1. The Bertz CT molecular complexity index is 184. The van der Waals surface area contributed by atoms with Crippen molar-refractivity contribution in [1.29, 1.82) is 0 Å². The Kier molecular flexibility index (Phi) is 3.69. The van der Waals surface area contributed by atoms with Crippen LogP contribution in [0.5, 0.6) is 0 Å². The second-order valence-electron chi connectivity index (χ2n) is 3.57. The molecule has 4 nitrogen and oxygen atoms in total. The maximum absolute atomic E-state index is 11.0. The highest BCUT2D eigenvalue weighted by atomic mass is 16.5. The summed E-state index contributed by atoms with van der Waals surface area (Å²) in [6.45, 7) is 3.13. The summed E-state index contributed by atoms with van der Waals surface area (Å²) in [6, 6.07) is 0.267. The van der Waals surface area contributed by atoms with Gasteiger partial charge in [0.25, 0.3) is 0 Å². The third kappa shape index (κ3) is 2.97. The number of aliphatic hydroxyl groups is 1. The highest BCUT2D eigenvalue weighted by molar-refractivity contribution is 5.71. The molecule has 0 aromatic heterocycles. The van der Waals surface area contributed by atoms with E-state index < -0.39 is 0 Å². The van der Waals surface area contributed by atoms with Crippen LogP contribution in [0.4, 0.5) is 0 Å². The van der Waals surface area contributed by atoms with Crippen LogP contribution in [0.2, 0.25) is 0 Å². The van der Waals surface area contributed by atoms with Gasteiger partial charge in [0.05, 0.1) is 19.8 Å². The number of carbonyl (C=O) groups is 1. The van der Waals surface area contributed by atoms with E-state index in [1.54, 1.807) is 0 Å². The number of nitrogens with zero attached hydrogens (tertiary/aromatic N) is 1. The maximum atomic E-state index is 11.0. The highest BCUT2D eigenvalue weighted by Gasteiger charge is 2.25.